The molecule has 0 saturated carbocycles. The minimum Gasteiger partial charge on any atom is -0.506 e. The van der Waals surface area contributed by atoms with E-state index < -0.39 is 45.5 Å². The van der Waals surface area contributed by atoms with E-state index >= 15 is 0 Å². The Kier molecular flexibility index (Phi) is 4.16. The van der Waals surface area contributed by atoms with Gasteiger partial charge in [0.15, 0.2) is 5.82 Å². The highest BCUT2D eigenvalue weighted by molar-refractivity contribution is 7.92. The Hall–Kier alpha value is -2.65. The van der Waals surface area contributed by atoms with Gasteiger partial charge >= 0.3 is 10.2 Å². The normalized spacial score (nSPS) is 16.6. The Bertz CT molecular complexity index is 958. The highest BCUT2D eigenvalue weighted by Gasteiger charge is 2.37. The minimum atomic E-state index is -4.23. The summed E-state index contributed by atoms with van der Waals surface area (Å²) < 4.78 is 40.5. The van der Waals surface area contributed by atoms with Gasteiger partial charge < -0.3 is 10.2 Å². The van der Waals surface area contributed by atoms with E-state index in [2.05, 4.69) is 0 Å². The summed E-state index contributed by atoms with van der Waals surface area (Å²) in [4.78, 5) is 11.3. The van der Waals surface area contributed by atoms with Gasteiger partial charge in [0.25, 0.3) is 5.91 Å². The summed E-state index contributed by atoms with van der Waals surface area (Å²) in [5.41, 5.74) is -0.0611. The first-order valence-electron chi connectivity index (χ1n) is 7.68. The van der Waals surface area contributed by atoms with Gasteiger partial charge in [-0.1, -0.05) is 24.3 Å². The third-order valence-electron chi connectivity index (χ3n) is 4.04. The molecule has 1 aliphatic rings. The largest absolute Gasteiger partial charge is 0.506 e. The van der Waals surface area contributed by atoms with Crippen molar-refractivity contribution < 1.29 is 27.8 Å². The number of halogens is 1. The number of anilines is 1. The molecule has 0 bridgehead atoms. The van der Waals surface area contributed by atoms with Crippen molar-refractivity contribution in [1.29, 1.82) is 0 Å². The first-order chi connectivity index (χ1) is 12.0. The number of hydrogen-bond acceptors (Lipinski definition) is 5. The van der Waals surface area contributed by atoms with Crippen LogP contribution in [0.1, 0.15) is 19.4 Å². The third kappa shape index (κ3) is 3.23. The summed E-state index contributed by atoms with van der Waals surface area (Å²) in [7, 11) is -4.23. The maximum atomic E-state index is 14.5. The van der Waals surface area contributed by atoms with Crippen LogP contribution in [-0.4, -0.2) is 31.1 Å². The maximum absolute atomic E-state index is 14.5. The van der Waals surface area contributed by atoms with E-state index in [4.69, 9.17) is 0 Å². The lowest BCUT2D eigenvalue weighted by Gasteiger charge is -2.19. The van der Waals surface area contributed by atoms with E-state index in [0.29, 0.717) is 21.0 Å². The van der Waals surface area contributed by atoms with Crippen molar-refractivity contribution in [2.75, 3.05) is 10.8 Å². The van der Waals surface area contributed by atoms with Gasteiger partial charge in [-0.05, 0) is 42.7 Å². The van der Waals surface area contributed by atoms with E-state index in [1.165, 1.54) is 6.07 Å². The van der Waals surface area contributed by atoms with Gasteiger partial charge in [0.2, 0.25) is 0 Å². The lowest BCUT2D eigenvalue weighted by Crippen LogP contribution is -2.30. The second-order valence-corrected chi connectivity index (χ2v) is 8.09. The van der Waals surface area contributed by atoms with Crippen molar-refractivity contribution in [3.8, 4) is 16.9 Å². The SMILES string of the molecule is CC(C)(O)c1ccc(-c2cc(O)c(N3CC(=O)NS3(=O)=O)c(F)c2)cc1. The van der Waals surface area contributed by atoms with E-state index in [0.717, 1.165) is 6.07 Å². The number of phenols is 1. The van der Waals surface area contributed by atoms with Crippen LogP contribution >= 0.6 is 0 Å². The average Bonchev–Trinajstić information content (AvgIpc) is 2.78. The van der Waals surface area contributed by atoms with Crippen LogP contribution in [0.15, 0.2) is 36.4 Å². The van der Waals surface area contributed by atoms with Crippen LogP contribution in [0.5, 0.6) is 5.75 Å². The number of carbonyl (C=O) groups is 1. The van der Waals surface area contributed by atoms with Crippen molar-refractivity contribution >= 4 is 21.8 Å². The number of amides is 1. The molecule has 1 heterocycles. The topological polar surface area (TPSA) is 107 Å². The quantitative estimate of drug-likeness (QED) is 0.750. The number of aromatic hydroxyl groups is 1. The lowest BCUT2D eigenvalue weighted by atomic mass is 9.95. The minimum absolute atomic E-state index is 0.321. The Morgan fingerprint density at radius 3 is 2.23 bits per heavy atom. The third-order valence-corrected chi connectivity index (χ3v) is 5.42. The molecule has 2 aromatic rings. The molecule has 1 saturated heterocycles. The number of aliphatic hydroxyl groups is 1. The molecule has 0 aromatic heterocycles. The first kappa shape index (κ1) is 18.2. The molecule has 7 nitrogen and oxygen atoms in total. The molecule has 0 spiro atoms. The zero-order chi connectivity index (χ0) is 19.3. The van der Waals surface area contributed by atoms with Crippen LogP contribution in [0, 0.1) is 5.82 Å². The molecule has 0 unspecified atom stereocenters. The molecule has 0 radical (unpaired) electrons. The van der Waals surface area contributed by atoms with Crippen LogP contribution in [0.3, 0.4) is 0 Å². The predicted molar refractivity (Wildman–Crippen MR) is 93.2 cm³/mol. The first-order valence-corrected chi connectivity index (χ1v) is 9.12. The average molecular weight is 380 g/mol. The summed E-state index contributed by atoms with van der Waals surface area (Å²) in [6.07, 6.45) is 0. The standard InChI is InChI=1S/C17H17FN2O5S/c1-17(2,23)12-5-3-10(4-6-12)11-7-13(18)16(14(21)8-11)20-9-15(22)19-26(20,24)25/h3-8,21,23H,9H2,1-2H3,(H,19,22). The molecule has 2 aromatic carbocycles. The number of phenolic OH excluding ortho intramolecular Hbond substituents is 1. The summed E-state index contributed by atoms with van der Waals surface area (Å²) in [5, 5.41) is 20.1. The van der Waals surface area contributed by atoms with E-state index in [-0.39, 0.29) is 0 Å². The summed E-state index contributed by atoms with van der Waals surface area (Å²) in [5.74, 6) is -2.40. The molecule has 1 fully saturated rings. The number of carbonyl (C=O) groups excluding carboxylic acids is 1. The van der Waals surface area contributed by atoms with Gasteiger partial charge in [-0.15, -0.1) is 0 Å². The Balaban J connectivity index is 2.02. The summed E-state index contributed by atoms with van der Waals surface area (Å²) in [6.45, 7) is 2.66. The van der Waals surface area contributed by atoms with Crippen LogP contribution in [0.25, 0.3) is 11.1 Å². The van der Waals surface area contributed by atoms with Gasteiger partial charge in [0.1, 0.15) is 18.0 Å². The lowest BCUT2D eigenvalue weighted by molar-refractivity contribution is -0.117. The number of benzene rings is 2. The smallest absolute Gasteiger partial charge is 0.326 e. The highest BCUT2D eigenvalue weighted by Crippen LogP contribution is 2.37. The summed E-state index contributed by atoms with van der Waals surface area (Å²) >= 11 is 0. The fourth-order valence-electron chi connectivity index (χ4n) is 2.71. The fraction of sp³-hybridized carbons (Fsp3) is 0.235. The van der Waals surface area contributed by atoms with Crippen LogP contribution in [-0.2, 0) is 20.6 Å². The molecule has 9 heteroatoms. The number of hydrogen-bond donors (Lipinski definition) is 3. The second-order valence-electron chi connectivity index (χ2n) is 6.50. The van der Waals surface area contributed by atoms with Gasteiger partial charge in [0, 0.05) is 0 Å². The number of nitrogens with zero attached hydrogens (tertiary/aromatic N) is 1. The fourth-order valence-corrected chi connectivity index (χ4v) is 3.89. The molecule has 26 heavy (non-hydrogen) atoms. The molecule has 3 rings (SSSR count). The molecule has 138 valence electrons. The molecule has 0 aliphatic carbocycles. The second kappa shape index (κ2) is 5.96. The van der Waals surface area contributed by atoms with Crippen LogP contribution in [0.4, 0.5) is 10.1 Å². The molecular formula is C17H17FN2O5S. The molecule has 1 aliphatic heterocycles. The van der Waals surface area contributed by atoms with Crippen molar-refractivity contribution in [2.45, 2.75) is 19.4 Å². The predicted octanol–water partition coefficient (Wildman–Crippen LogP) is 1.61. The van der Waals surface area contributed by atoms with Crippen molar-refractivity contribution in [2.24, 2.45) is 0 Å². The summed E-state index contributed by atoms with van der Waals surface area (Å²) in [6, 6.07) is 8.94. The molecule has 3 N–H and O–H groups in total. The van der Waals surface area contributed by atoms with Gasteiger partial charge in [-0.25, -0.2) is 13.4 Å². The van der Waals surface area contributed by atoms with Gasteiger partial charge in [-0.3, -0.25) is 4.79 Å². The van der Waals surface area contributed by atoms with Crippen molar-refractivity contribution in [3.05, 3.63) is 47.8 Å². The Labute approximate surface area is 149 Å². The Morgan fingerprint density at radius 1 is 1.15 bits per heavy atom. The zero-order valence-corrected chi connectivity index (χ0v) is 14.8. The molecular weight excluding hydrogens is 363 g/mol. The van der Waals surface area contributed by atoms with Gasteiger partial charge in [-0.2, -0.15) is 8.42 Å². The molecule has 1 amide bonds. The van der Waals surface area contributed by atoms with Crippen molar-refractivity contribution in [1.82, 2.24) is 4.72 Å². The highest BCUT2D eigenvalue weighted by atomic mass is 32.2. The monoisotopic (exact) mass is 380 g/mol. The zero-order valence-electron chi connectivity index (χ0n) is 14.0. The molecule has 0 atom stereocenters. The van der Waals surface area contributed by atoms with E-state index in [9.17, 15) is 27.8 Å². The van der Waals surface area contributed by atoms with Crippen molar-refractivity contribution in [3.63, 3.8) is 0 Å². The Morgan fingerprint density at radius 2 is 1.77 bits per heavy atom. The van der Waals surface area contributed by atoms with E-state index in [1.807, 2.05) is 0 Å². The van der Waals surface area contributed by atoms with Crippen LogP contribution in [0.2, 0.25) is 0 Å². The van der Waals surface area contributed by atoms with Gasteiger partial charge in [0.05, 0.1) is 5.60 Å². The van der Waals surface area contributed by atoms with E-state index in [1.54, 1.807) is 42.8 Å². The van der Waals surface area contributed by atoms with Crippen LogP contribution < -0.4 is 9.03 Å². The number of rotatable bonds is 3. The number of nitrogens with one attached hydrogen (secondary N) is 1. The maximum Gasteiger partial charge on any atom is 0.326 e.